The van der Waals surface area contributed by atoms with E-state index >= 15 is 0 Å². The smallest absolute Gasteiger partial charge is 0.254 e. The van der Waals surface area contributed by atoms with E-state index in [1.54, 1.807) is 24.0 Å². The van der Waals surface area contributed by atoms with Gasteiger partial charge >= 0.3 is 0 Å². The van der Waals surface area contributed by atoms with Gasteiger partial charge < -0.3 is 14.6 Å². The Bertz CT molecular complexity index is 1310. The number of amides is 1. The number of aromatic nitrogens is 2. The van der Waals surface area contributed by atoms with Crippen molar-refractivity contribution in [3.8, 4) is 16.9 Å². The molecule has 6 heteroatoms. The van der Waals surface area contributed by atoms with Gasteiger partial charge in [-0.05, 0) is 66.9 Å². The first-order valence-electron chi connectivity index (χ1n) is 10.3. The topological polar surface area (TPSA) is 58.2 Å². The number of carbonyl (C=O) groups excluding carboxylic acids is 1. The van der Waals surface area contributed by atoms with Crippen LogP contribution in [0.25, 0.3) is 22.2 Å². The number of hydrogen-bond acceptors (Lipinski definition) is 3. The van der Waals surface area contributed by atoms with Gasteiger partial charge in [0.25, 0.3) is 5.91 Å². The summed E-state index contributed by atoms with van der Waals surface area (Å²) in [6, 6.07) is 16.8. The Morgan fingerprint density at radius 1 is 1.06 bits per heavy atom. The highest BCUT2D eigenvalue weighted by Crippen LogP contribution is 2.31. The molecule has 0 saturated carbocycles. The predicted molar refractivity (Wildman–Crippen MR) is 118 cm³/mol. The highest BCUT2D eigenvalue weighted by atomic mass is 19.1. The molecule has 2 heterocycles. The first-order valence-corrected chi connectivity index (χ1v) is 10.3. The van der Waals surface area contributed by atoms with Gasteiger partial charge in [0.2, 0.25) is 0 Å². The highest BCUT2D eigenvalue weighted by Gasteiger charge is 2.22. The van der Waals surface area contributed by atoms with Crippen LogP contribution in [-0.4, -0.2) is 33.9 Å². The average Bonchev–Trinajstić information content (AvgIpc) is 3.00. The fourth-order valence-electron chi connectivity index (χ4n) is 3.97. The molecule has 0 atom stereocenters. The molecule has 0 aliphatic carbocycles. The molecular weight excluding hydrogens is 393 g/mol. The zero-order chi connectivity index (χ0) is 21.5. The number of hydrogen-bond donors (Lipinski definition) is 1. The summed E-state index contributed by atoms with van der Waals surface area (Å²) in [6.07, 6.45) is 0. The van der Waals surface area contributed by atoms with Crippen molar-refractivity contribution in [2.75, 3.05) is 13.2 Å². The van der Waals surface area contributed by atoms with E-state index in [9.17, 15) is 9.18 Å². The highest BCUT2D eigenvalue weighted by molar-refractivity contribution is 5.94. The second-order valence-electron chi connectivity index (χ2n) is 7.92. The van der Waals surface area contributed by atoms with Gasteiger partial charge in [-0.3, -0.25) is 4.79 Å². The van der Waals surface area contributed by atoms with Crippen LogP contribution in [-0.2, 0) is 6.54 Å². The molecule has 0 fully saturated rings. The van der Waals surface area contributed by atoms with E-state index in [0.29, 0.717) is 30.8 Å². The number of fused-ring (bicyclic) bond motifs is 2. The number of aromatic amines is 1. The third-order valence-electron chi connectivity index (χ3n) is 5.68. The third kappa shape index (κ3) is 3.65. The van der Waals surface area contributed by atoms with Crippen molar-refractivity contribution in [1.29, 1.82) is 0 Å². The molecule has 156 valence electrons. The molecule has 0 unspecified atom stereocenters. The van der Waals surface area contributed by atoms with Crippen molar-refractivity contribution in [2.24, 2.45) is 0 Å². The van der Waals surface area contributed by atoms with Gasteiger partial charge in [0.05, 0.1) is 17.6 Å². The zero-order valence-electron chi connectivity index (χ0n) is 17.4. The maximum Gasteiger partial charge on any atom is 0.254 e. The van der Waals surface area contributed by atoms with Gasteiger partial charge in [0.15, 0.2) is 0 Å². The number of halogens is 1. The lowest BCUT2D eigenvalue weighted by Gasteiger charge is -2.20. The quantitative estimate of drug-likeness (QED) is 0.500. The Kier molecular flexibility index (Phi) is 4.70. The first kappa shape index (κ1) is 19.3. The van der Waals surface area contributed by atoms with E-state index in [1.165, 1.54) is 6.07 Å². The predicted octanol–water partition coefficient (Wildman–Crippen LogP) is 5.02. The monoisotopic (exact) mass is 415 g/mol. The first-order chi connectivity index (χ1) is 15.0. The average molecular weight is 415 g/mol. The number of H-pyrrole nitrogens is 1. The molecule has 1 aliphatic heterocycles. The largest absolute Gasteiger partial charge is 0.491 e. The van der Waals surface area contributed by atoms with E-state index in [-0.39, 0.29) is 11.7 Å². The molecule has 0 bridgehead atoms. The van der Waals surface area contributed by atoms with Crippen LogP contribution in [0.4, 0.5) is 4.39 Å². The van der Waals surface area contributed by atoms with Gasteiger partial charge in [-0.2, -0.15) is 0 Å². The summed E-state index contributed by atoms with van der Waals surface area (Å²) in [5, 5.41) is 0. The lowest BCUT2D eigenvalue weighted by molar-refractivity contribution is 0.0732. The number of imidazole rings is 1. The number of ether oxygens (including phenoxy) is 1. The molecule has 5 rings (SSSR count). The lowest BCUT2D eigenvalue weighted by atomic mass is 10.0. The molecule has 4 aromatic rings. The molecule has 1 aromatic heterocycles. The van der Waals surface area contributed by atoms with E-state index in [2.05, 4.69) is 22.1 Å². The molecule has 1 N–H and O–H groups in total. The minimum Gasteiger partial charge on any atom is -0.491 e. The minimum atomic E-state index is -0.371. The van der Waals surface area contributed by atoms with Crippen molar-refractivity contribution in [3.05, 3.63) is 82.9 Å². The lowest BCUT2D eigenvalue weighted by Crippen LogP contribution is -2.32. The van der Waals surface area contributed by atoms with E-state index in [4.69, 9.17) is 4.74 Å². The molecule has 5 nitrogen and oxygen atoms in total. The summed E-state index contributed by atoms with van der Waals surface area (Å²) in [5.74, 6) is 1.08. The molecule has 31 heavy (non-hydrogen) atoms. The summed E-state index contributed by atoms with van der Waals surface area (Å²) in [4.78, 5) is 22.5. The molecule has 0 saturated heterocycles. The minimum absolute atomic E-state index is 0.199. The zero-order valence-corrected chi connectivity index (χ0v) is 17.4. The Labute approximate surface area is 179 Å². The van der Waals surface area contributed by atoms with Crippen LogP contribution in [0.5, 0.6) is 5.75 Å². The fraction of sp³-hybridized carbons (Fsp3) is 0.200. The van der Waals surface area contributed by atoms with Crippen molar-refractivity contribution < 1.29 is 13.9 Å². The van der Waals surface area contributed by atoms with Gasteiger partial charge in [-0.25, -0.2) is 9.37 Å². The SMILES string of the molecule is Cc1nc2ccc(-c3ccc4c(c3)CN(C(=O)c3ccc(C)c(F)c3)CCO4)cc2[nH]1. The van der Waals surface area contributed by atoms with Gasteiger partial charge in [-0.1, -0.05) is 18.2 Å². The summed E-state index contributed by atoms with van der Waals surface area (Å²) in [7, 11) is 0. The fourth-order valence-corrected chi connectivity index (χ4v) is 3.97. The molecular formula is C25H22FN3O2. The van der Waals surface area contributed by atoms with Crippen molar-refractivity contribution in [3.63, 3.8) is 0 Å². The Morgan fingerprint density at radius 2 is 1.87 bits per heavy atom. The molecule has 0 radical (unpaired) electrons. The summed E-state index contributed by atoms with van der Waals surface area (Å²) >= 11 is 0. The summed E-state index contributed by atoms with van der Waals surface area (Å²) < 4.78 is 19.9. The van der Waals surface area contributed by atoms with Crippen LogP contribution < -0.4 is 4.74 Å². The van der Waals surface area contributed by atoms with Crippen molar-refractivity contribution in [1.82, 2.24) is 14.9 Å². The number of benzene rings is 3. The van der Waals surface area contributed by atoms with Gasteiger partial charge in [0.1, 0.15) is 24.0 Å². The van der Waals surface area contributed by atoms with Crippen LogP contribution in [0.1, 0.15) is 27.3 Å². The number of carbonyl (C=O) groups is 1. The second-order valence-corrected chi connectivity index (χ2v) is 7.92. The van der Waals surface area contributed by atoms with Crippen LogP contribution >= 0.6 is 0 Å². The molecule has 1 amide bonds. The third-order valence-corrected chi connectivity index (χ3v) is 5.68. The van der Waals surface area contributed by atoms with Crippen LogP contribution in [0.3, 0.4) is 0 Å². The Morgan fingerprint density at radius 3 is 2.71 bits per heavy atom. The van der Waals surface area contributed by atoms with E-state index in [0.717, 1.165) is 39.3 Å². The number of rotatable bonds is 2. The van der Waals surface area contributed by atoms with E-state index in [1.807, 2.05) is 31.2 Å². The normalized spacial score (nSPS) is 13.6. The molecule has 3 aromatic carbocycles. The maximum absolute atomic E-state index is 14.0. The number of nitrogens with one attached hydrogen (secondary N) is 1. The maximum atomic E-state index is 14.0. The number of nitrogens with zero attached hydrogens (tertiary/aromatic N) is 2. The standard InChI is InChI=1S/C25H22FN3O2/c1-15-3-4-19(12-21(15)26)25(30)29-9-10-31-24-8-6-17(11-20(24)14-29)18-5-7-22-23(13-18)28-16(2)27-22/h3-8,11-13H,9-10,14H2,1-2H3,(H,27,28). The van der Waals surface area contributed by atoms with E-state index < -0.39 is 0 Å². The Balaban J connectivity index is 1.46. The number of aryl methyl sites for hydroxylation is 2. The van der Waals surface area contributed by atoms with Crippen molar-refractivity contribution in [2.45, 2.75) is 20.4 Å². The van der Waals surface area contributed by atoms with Crippen molar-refractivity contribution >= 4 is 16.9 Å². The van der Waals surface area contributed by atoms with Crippen LogP contribution in [0.2, 0.25) is 0 Å². The van der Waals surface area contributed by atoms with Crippen LogP contribution in [0, 0.1) is 19.7 Å². The summed E-state index contributed by atoms with van der Waals surface area (Å²) in [6.45, 7) is 4.86. The van der Waals surface area contributed by atoms with Gasteiger partial charge in [-0.15, -0.1) is 0 Å². The summed E-state index contributed by atoms with van der Waals surface area (Å²) in [5.41, 5.74) is 5.81. The van der Waals surface area contributed by atoms with Crippen LogP contribution in [0.15, 0.2) is 54.6 Å². The molecule has 0 spiro atoms. The van der Waals surface area contributed by atoms with Gasteiger partial charge in [0, 0.05) is 17.7 Å². The Hall–Kier alpha value is -3.67. The molecule has 1 aliphatic rings. The second kappa shape index (κ2) is 7.54.